The van der Waals surface area contributed by atoms with E-state index >= 15 is 0 Å². The van der Waals surface area contributed by atoms with Gasteiger partial charge in [0.2, 0.25) is 5.91 Å². The van der Waals surface area contributed by atoms with Crippen LogP contribution in [-0.2, 0) is 4.79 Å². The summed E-state index contributed by atoms with van der Waals surface area (Å²) < 4.78 is 1.03. The molecule has 0 bridgehead atoms. The Morgan fingerprint density at radius 2 is 2.00 bits per heavy atom. The van der Waals surface area contributed by atoms with Crippen molar-refractivity contribution in [1.29, 1.82) is 0 Å². The average Bonchev–Trinajstić information content (AvgIpc) is 2.77. The summed E-state index contributed by atoms with van der Waals surface area (Å²) in [4.78, 5) is 16.0. The number of allylic oxidation sites excluding steroid dienone is 1. The second kappa shape index (κ2) is 6.12. The van der Waals surface area contributed by atoms with Gasteiger partial charge < -0.3 is 0 Å². The van der Waals surface area contributed by atoms with Gasteiger partial charge in [-0.05, 0) is 26.0 Å². The maximum Gasteiger partial charge on any atom is 0.250 e. The summed E-state index contributed by atoms with van der Waals surface area (Å²) in [5.74, 6) is -0.142. The van der Waals surface area contributed by atoms with Gasteiger partial charge in [-0.25, -0.2) is 4.98 Å². The van der Waals surface area contributed by atoms with Crippen molar-refractivity contribution >= 4 is 38.3 Å². The summed E-state index contributed by atoms with van der Waals surface area (Å²) >= 11 is 4.82. The molecule has 98 valence electrons. The van der Waals surface area contributed by atoms with Crippen molar-refractivity contribution in [2.24, 2.45) is 0 Å². The smallest absolute Gasteiger partial charge is 0.250 e. The van der Waals surface area contributed by atoms with Crippen molar-refractivity contribution in [2.45, 2.75) is 13.8 Å². The number of thiazole rings is 1. The molecule has 0 saturated carbocycles. The highest BCUT2D eigenvalue weighted by atomic mass is 79.9. The number of hydrogen-bond donors (Lipinski definition) is 1. The maximum absolute atomic E-state index is 11.6. The highest BCUT2D eigenvalue weighted by Crippen LogP contribution is 2.26. The summed E-state index contributed by atoms with van der Waals surface area (Å²) in [6.07, 6.45) is 1.56. The third-order valence-electron chi connectivity index (χ3n) is 2.29. The van der Waals surface area contributed by atoms with Crippen LogP contribution < -0.4 is 5.32 Å². The van der Waals surface area contributed by atoms with Crippen molar-refractivity contribution in [3.63, 3.8) is 0 Å². The third-order valence-corrected chi connectivity index (χ3v) is 3.58. The first-order valence-corrected chi connectivity index (χ1v) is 7.39. The molecule has 1 N–H and O–H groups in total. The number of nitrogens with zero attached hydrogens (tertiary/aromatic N) is 1. The Balaban J connectivity index is 2.13. The molecule has 1 heterocycles. The molecule has 0 spiro atoms. The van der Waals surface area contributed by atoms with Crippen LogP contribution in [0.25, 0.3) is 11.3 Å². The fourth-order valence-electron chi connectivity index (χ4n) is 1.49. The van der Waals surface area contributed by atoms with Crippen molar-refractivity contribution in [1.82, 2.24) is 4.98 Å². The van der Waals surface area contributed by atoms with E-state index < -0.39 is 0 Å². The van der Waals surface area contributed by atoms with Crippen molar-refractivity contribution in [2.75, 3.05) is 5.32 Å². The zero-order valence-electron chi connectivity index (χ0n) is 10.6. The Morgan fingerprint density at radius 3 is 2.63 bits per heavy atom. The topological polar surface area (TPSA) is 42.0 Å². The molecule has 0 atom stereocenters. The number of anilines is 1. The molecule has 2 rings (SSSR count). The molecule has 2 aromatic rings. The van der Waals surface area contributed by atoms with Crippen LogP contribution in [0.5, 0.6) is 0 Å². The lowest BCUT2D eigenvalue weighted by Crippen LogP contribution is -2.07. The fourth-order valence-corrected chi connectivity index (χ4v) is 2.48. The largest absolute Gasteiger partial charge is 0.298 e. The summed E-state index contributed by atoms with van der Waals surface area (Å²) in [6.45, 7) is 3.77. The van der Waals surface area contributed by atoms with Gasteiger partial charge in [-0.3, -0.25) is 10.1 Å². The number of amides is 1. The molecule has 0 saturated heterocycles. The number of rotatable bonds is 3. The lowest BCUT2D eigenvalue weighted by molar-refractivity contribution is -0.111. The van der Waals surface area contributed by atoms with Gasteiger partial charge in [0.1, 0.15) is 0 Å². The van der Waals surface area contributed by atoms with Crippen molar-refractivity contribution in [3.8, 4) is 11.3 Å². The highest BCUT2D eigenvalue weighted by Gasteiger charge is 2.06. The van der Waals surface area contributed by atoms with Crippen molar-refractivity contribution < 1.29 is 4.79 Å². The van der Waals surface area contributed by atoms with Gasteiger partial charge in [-0.2, -0.15) is 0 Å². The average molecular weight is 337 g/mol. The van der Waals surface area contributed by atoms with E-state index in [0.29, 0.717) is 5.13 Å². The lowest BCUT2D eigenvalue weighted by Gasteiger charge is -1.98. The molecular formula is C14H13BrN2OS. The molecule has 1 aromatic carbocycles. The van der Waals surface area contributed by atoms with E-state index in [0.717, 1.165) is 21.3 Å². The monoisotopic (exact) mass is 336 g/mol. The van der Waals surface area contributed by atoms with Crippen molar-refractivity contribution in [3.05, 3.63) is 45.8 Å². The molecule has 5 heteroatoms. The van der Waals surface area contributed by atoms with E-state index in [-0.39, 0.29) is 5.91 Å². The van der Waals surface area contributed by atoms with Gasteiger partial charge >= 0.3 is 0 Å². The minimum absolute atomic E-state index is 0.142. The second-order valence-electron chi connectivity index (χ2n) is 4.26. The molecule has 0 radical (unpaired) electrons. The standard InChI is InChI=1S/C14H13BrN2OS/c1-9(2)7-13(18)17-14-16-12(8-19-14)10-3-5-11(15)6-4-10/h3-8H,1-2H3,(H,16,17,18). The van der Waals surface area contributed by atoms with E-state index in [1.807, 2.05) is 43.5 Å². The maximum atomic E-state index is 11.6. The van der Waals surface area contributed by atoms with Crippen LogP contribution in [0.4, 0.5) is 5.13 Å². The number of nitrogens with one attached hydrogen (secondary N) is 1. The molecule has 0 aliphatic carbocycles. The predicted octanol–water partition coefficient (Wildman–Crippen LogP) is 4.48. The minimum atomic E-state index is -0.142. The van der Waals surface area contributed by atoms with Gasteiger partial charge in [0.15, 0.2) is 5.13 Å². The molecule has 19 heavy (non-hydrogen) atoms. The Hall–Kier alpha value is -1.46. The molecule has 0 aliphatic heterocycles. The van der Waals surface area contributed by atoms with Gasteiger partial charge in [-0.1, -0.05) is 33.6 Å². The van der Waals surface area contributed by atoms with Crippen LogP contribution in [0.2, 0.25) is 0 Å². The summed E-state index contributed by atoms with van der Waals surface area (Å²) in [6, 6.07) is 7.91. The van der Waals surface area contributed by atoms with Crippen LogP contribution in [0.15, 0.2) is 45.8 Å². The quantitative estimate of drug-likeness (QED) is 0.839. The normalized spacial score (nSPS) is 10.1. The van der Waals surface area contributed by atoms with Gasteiger partial charge in [0.25, 0.3) is 0 Å². The molecule has 3 nitrogen and oxygen atoms in total. The van der Waals surface area contributed by atoms with Crippen LogP contribution in [-0.4, -0.2) is 10.9 Å². The van der Waals surface area contributed by atoms with Crippen LogP contribution in [0.3, 0.4) is 0 Å². The summed E-state index contributed by atoms with van der Waals surface area (Å²) in [5.41, 5.74) is 2.86. The first-order chi connectivity index (χ1) is 9.04. The van der Waals surface area contributed by atoms with E-state index in [1.165, 1.54) is 11.3 Å². The predicted molar refractivity (Wildman–Crippen MR) is 83.3 cm³/mol. The van der Waals surface area contributed by atoms with Gasteiger partial charge in [0.05, 0.1) is 5.69 Å². The Kier molecular flexibility index (Phi) is 4.50. The second-order valence-corrected chi connectivity index (χ2v) is 6.03. The van der Waals surface area contributed by atoms with Crippen LogP contribution in [0, 0.1) is 0 Å². The zero-order chi connectivity index (χ0) is 13.8. The molecule has 1 aromatic heterocycles. The van der Waals surface area contributed by atoms with Gasteiger partial charge in [-0.15, -0.1) is 11.3 Å². The van der Waals surface area contributed by atoms with E-state index in [4.69, 9.17) is 0 Å². The van der Waals surface area contributed by atoms with Gasteiger partial charge in [0, 0.05) is 21.5 Å². The molecule has 0 aliphatic rings. The SMILES string of the molecule is CC(C)=CC(=O)Nc1nc(-c2ccc(Br)cc2)cs1. The van der Waals surface area contributed by atoms with Crippen LogP contribution >= 0.6 is 27.3 Å². The number of carbonyl (C=O) groups excluding carboxylic acids is 1. The molecule has 1 amide bonds. The van der Waals surface area contributed by atoms with E-state index in [1.54, 1.807) is 6.08 Å². The highest BCUT2D eigenvalue weighted by molar-refractivity contribution is 9.10. The minimum Gasteiger partial charge on any atom is -0.298 e. The number of halogens is 1. The summed E-state index contributed by atoms with van der Waals surface area (Å²) in [5, 5.41) is 5.30. The van der Waals surface area contributed by atoms with Crippen LogP contribution in [0.1, 0.15) is 13.8 Å². The first kappa shape index (κ1) is 14.0. The zero-order valence-corrected chi connectivity index (χ0v) is 13.0. The third kappa shape index (κ3) is 4.01. The van der Waals surface area contributed by atoms with E-state index in [2.05, 4.69) is 26.2 Å². The Morgan fingerprint density at radius 1 is 1.32 bits per heavy atom. The number of benzene rings is 1. The summed E-state index contributed by atoms with van der Waals surface area (Å²) in [7, 11) is 0. The first-order valence-electron chi connectivity index (χ1n) is 5.72. The molecule has 0 fully saturated rings. The fraction of sp³-hybridized carbons (Fsp3) is 0.143. The molecular weight excluding hydrogens is 324 g/mol. The Labute approximate surface area is 124 Å². The lowest BCUT2D eigenvalue weighted by atomic mass is 10.2. The molecule has 0 unspecified atom stereocenters. The number of aromatic nitrogens is 1. The van der Waals surface area contributed by atoms with E-state index in [9.17, 15) is 4.79 Å². The number of hydrogen-bond acceptors (Lipinski definition) is 3. The number of carbonyl (C=O) groups is 1. The Bertz CT molecular complexity index is 613.